The number of sulfonamides is 1. The summed E-state index contributed by atoms with van der Waals surface area (Å²) >= 11 is 1.56. The van der Waals surface area contributed by atoms with Crippen LogP contribution in [0.15, 0.2) is 64.6 Å². The second-order valence-corrected chi connectivity index (χ2v) is 10.7. The van der Waals surface area contributed by atoms with Crippen LogP contribution in [-0.4, -0.2) is 40.6 Å². The number of hydrogen-bond donors (Lipinski definition) is 4. The minimum absolute atomic E-state index is 0.486. The third kappa shape index (κ3) is 4.53. The SMILES string of the molecule is Cc1cc(NC2=CN(Sc3ccc(NS(=O)(=O)C(C)C)cc3)CC3=NC=C[NH+]23)n[nH]1. The van der Waals surface area contributed by atoms with Gasteiger partial charge in [0.1, 0.15) is 12.7 Å². The molecular formula is C19H24N7O2S2+. The van der Waals surface area contributed by atoms with Crippen molar-refractivity contribution in [1.29, 1.82) is 0 Å². The number of anilines is 2. The molecule has 9 nitrogen and oxygen atoms in total. The lowest BCUT2D eigenvalue weighted by atomic mass is 10.3. The minimum Gasteiger partial charge on any atom is -0.300 e. The highest BCUT2D eigenvalue weighted by Gasteiger charge is 2.32. The lowest BCUT2D eigenvalue weighted by Crippen LogP contribution is -3.10. The zero-order valence-electron chi connectivity index (χ0n) is 16.9. The number of amidine groups is 1. The standard InChI is InChI=1S/C19H23N7O2S2/c1-13(2)30(27,28)24-15-4-6-16(7-5-15)29-25-11-18-20-8-9-26(18)19(12-25)21-17-10-14(3)22-23-17/h4-10,12-13,24H,11H2,1-3H3,(H2,21,22,23)/p+1. The maximum absolute atomic E-state index is 12.0. The van der Waals surface area contributed by atoms with Gasteiger partial charge in [-0.15, -0.1) is 0 Å². The van der Waals surface area contributed by atoms with Crippen LogP contribution in [0.4, 0.5) is 11.5 Å². The summed E-state index contributed by atoms with van der Waals surface area (Å²) in [6.45, 7) is 5.92. The highest BCUT2D eigenvalue weighted by atomic mass is 32.2. The topological polar surface area (TPSA) is 107 Å². The molecule has 158 valence electrons. The summed E-state index contributed by atoms with van der Waals surface area (Å²) in [5.41, 5.74) is 1.53. The molecule has 0 amide bonds. The molecule has 30 heavy (non-hydrogen) atoms. The van der Waals surface area contributed by atoms with Gasteiger partial charge in [0.05, 0.1) is 17.6 Å². The number of aromatic nitrogens is 2. The van der Waals surface area contributed by atoms with E-state index in [1.165, 1.54) is 0 Å². The van der Waals surface area contributed by atoms with Crippen molar-refractivity contribution in [3.05, 3.63) is 60.4 Å². The van der Waals surface area contributed by atoms with Gasteiger partial charge >= 0.3 is 0 Å². The fraction of sp³-hybridized carbons (Fsp3) is 0.263. The molecule has 4 rings (SSSR count). The number of aliphatic imine (C=N–C) groups is 1. The Balaban J connectivity index is 1.48. The number of aromatic amines is 1. The quantitative estimate of drug-likeness (QED) is 0.484. The highest BCUT2D eigenvalue weighted by molar-refractivity contribution is 7.97. The molecule has 0 aliphatic carbocycles. The number of nitrogens with zero attached hydrogens (tertiary/aromatic N) is 3. The molecule has 0 spiro atoms. The van der Waals surface area contributed by atoms with E-state index in [0.717, 1.165) is 33.0 Å². The van der Waals surface area contributed by atoms with Crippen molar-refractivity contribution in [2.24, 2.45) is 4.99 Å². The molecule has 1 atom stereocenters. The van der Waals surface area contributed by atoms with Gasteiger partial charge in [-0.1, -0.05) is 0 Å². The molecule has 11 heteroatoms. The van der Waals surface area contributed by atoms with Crippen molar-refractivity contribution in [1.82, 2.24) is 14.5 Å². The normalized spacial score (nSPS) is 18.3. The van der Waals surface area contributed by atoms with Crippen LogP contribution in [-0.2, 0) is 10.0 Å². The highest BCUT2D eigenvalue weighted by Crippen LogP contribution is 2.26. The van der Waals surface area contributed by atoms with Crippen molar-refractivity contribution in [2.75, 3.05) is 16.6 Å². The van der Waals surface area contributed by atoms with E-state index in [2.05, 4.69) is 29.5 Å². The molecule has 0 radical (unpaired) electrons. The van der Waals surface area contributed by atoms with Gasteiger partial charge in [-0.05, 0) is 57.0 Å². The van der Waals surface area contributed by atoms with Crippen LogP contribution in [0, 0.1) is 6.92 Å². The Morgan fingerprint density at radius 3 is 2.70 bits per heavy atom. The van der Waals surface area contributed by atoms with Gasteiger partial charge in [0.15, 0.2) is 5.82 Å². The first-order chi connectivity index (χ1) is 14.3. The Labute approximate surface area is 180 Å². The summed E-state index contributed by atoms with van der Waals surface area (Å²) < 4.78 is 28.7. The second-order valence-electron chi connectivity index (χ2n) is 7.30. The summed E-state index contributed by atoms with van der Waals surface area (Å²) in [6, 6.07) is 9.28. The molecule has 2 aliphatic rings. The molecule has 4 N–H and O–H groups in total. The van der Waals surface area contributed by atoms with Gasteiger partial charge in [-0.3, -0.25) is 19.4 Å². The van der Waals surface area contributed by atoms with Crippen LogP contribution in [0.1, 0.15) is 19.5 Å². The Kier molecular flexibility index (Phi) is 5.58. The van der Waals surface area contributed by atoms with Crippen LogP contribution in [0.5, 0.6) is 0 Å². The molecule has 0 fully saturated rings. The van der Waals surface area contributed by atoms with E-state index in [0.29, 0.717) is 12.2 Å². The van der Waals surface area contributed by atoms with Gasteiger partial charge in [0.25, 0.3) is 0 Å². The maximum atomic E-state index is 12.0. The first kappa shape index (κ1) is 20.5. The smallest absolute Gasteiger partial charge is 0.235 e. The first-order valence-electron chi connectivity index (χ1n) is 9.48. The van der Waals surface area contributed by atoms with E-state index >= 15 is 0 Å². The summed E-state index contributed by atoms with van der Waals surface area (Å²) in [7, 11) is -3.36. The Morgan fingerprint density at radius 1 is 1.27 bits per heavy atom. The van der Waals surface area contributed by atoms with Crippen molar-refractivity contribution in [2.45, 2.75) is 30.9 Å². The lowest BCUT2D eigenvalue weighted by molar-refractivity contribution is -0.699. The van der Waals surface area contributed by atoms with Crippen LogP contribution in [0.2, 0.25) is 0 Å². The van der Waals surface area contributed by atoms with Crippen molar-refractivity contribution < 1.29 is 13.3 Å². The van der Waals surface area contributed by atoms with E-state index in [9.17, 15) is 8.42 Å². The van der Waals surface area contributed by atoms with Crippen LogP contribution in [0.25, 0.3) is 0 Å². The van der Waals surface area contributed by atoms with Gasteiger partial charge in [-0.25, -0.2) is 18.3 Å². The summed E-state index contributed by atoms with van der Waals surface area (Å²) in [5, 5.41) is 10.0. The van der Waals surface area contributed by atoms with Gasteiger partial charge in [0.2, 0.25) is 21.7 Å². The third-order valence-corrected chi connectivity index (χ3v) is 7.29. The van der Waals surface area contributed by atoms with Crippen molar-refractivity contribution in [3.8, 4) is 0 Å². The van der Waals surface area contributed by atoms with E-state index in [4.69, 9.17) is 0 Å². The lowest BCUT2D eigenvalue weighted by Gasteiger charge is -2.27. The minimum atomic E-state index is -3.36. The average molecular weight is 447 g/mol. The number of quaternary nitrogens is 1. The summed E-state index contributed by atoms with van der Waals surface area (Å²) in [4.78, 5) is 6.53. The molecule has 0 saturated heterocycles. The van der Waals surface area contributed by atoms with Gasteiger partial charge in [0, 0.05) is 22.3 Å². The first-order valence-corrected chi connectivity index (χ1v) is 11.8. The average Bonchev–Trinajstić information content (AvgIpc) is 3.32. The predicted molar refractivity (Wildman–Crippen MR) is 119 cm³/mol. The van der Waals surface area contributed by atoms with Gasteiger partial charge in [-0.2, -0.15) is 5.10 Å². The molecule has 3 heterocycles. The Bertz CT molecular complexity index is 1120. The molecule has 0 saturated carbocycles. The zero-order valence-corrected chi connectivity index (χ0v) is 18.5. The van der Waals surface area contributed by atoms with Crippen LogP contribution in [0.3, 0.4) is 0 Å². The fourth-order valence-corrected chi connectivity index (χ4v) is 4.50. The number of H-pyrrole nitrogens is 1. The zero-order chi connectivity index (χ0) is 21.3. The fourth-order valence-electron chi connectivity index (χ4n) is 2.93. The molecule has 2 aliphatic heterocycles. The maximum Gasteiger partial charge on any atom is 0.235 e. The van der Waals surface area contributed by atoms with Crippen molar-refractivity contribution >= 4 is 39.3 Å². The molecular weight excluding hydrogens is 422 g/mol. The number of nitrogens with one attached hydrogen (secondary N) is 4. The summed E-state index contributed by atoms with van der Waals surface area (Å²) in [6.07, 6.45) is 5.83. The van der Waals surface area contributed by atoms with Gasteiger partial charge < -0.3 is 0 Å². The predicted octanol–water partition coefficient (Wildman–Crippen LogP) is 1.87. The van der Waals surface area contributed by atoms with Crippen LogP contribution >= 0.6 is 11.9 Å². The second kappa shape index (κ2) is 8.17. The van der Waals surface area contributed by atoms with E-state index in [-0.39, 0.29) is 0 Å². The van der Waals surface area contributed by atoms with Crippen LogP contribution < -0.4 is 14.9 Å². The Morgan fingerprint density at radius 2 is 2.03 bits per heavy atom. The van der Waals surface area contributed by atoms with Crippen molar-refractivity contribution in [3.63, 3.8) is 0 Å². The van der Waals surface area contributed by atoms with E-state index in [1.807, 2.05) is 37.5 Å². The Hall–Kier alpha value is -2.76. The number of fused-ring (bicyclic) bond motifs is 1. The van der Waals surface area contributed by atoms with E-state index in [1.54, 1.807) is 44.1 Å². The number of benzene rings is 1. The summed E-state index contributed by atoms with van der Waals surface area (Å²) in [5.74, 6) is 2.66. The monoisotopic (exact) mass is 446 g/mol. The van der Waals surface area contributed by atoms with E-state index < -0.39 is 15.3 Å². The number of hydrogen-bond acceptors (Lipinski definition) is 7. The number of rotatable bonds is 7. The molecule has 1 unspecified atom stereocenters. The largest absolute Gasteiger partial charge is 0.300 e. The molecule has 2 aromatic rings. The molecule has 1 aromatic heterocycles. The third-order valence-electron chi connectivity index (χ3n) is 4.58. The number of aryl methyl sites for hydroxylation is 1. The molecule has 0 bridgehead atoms. The molecule has 1 aromatic carbocycles.